The van der Waals surface area contributed by atoms with Gasteiger partial charge < -0.3 is 19.7 Å². The first kappa shape index (κ1) is 17.2. The number of aliphatic carboxylic acids is 1. The van der Waals surface area contributed by atoms with E-state index in [9.17, 15) is 14.7 Å². The number of carbonyl (C=O) groups is 2. The predicted octanol–water partition coefficient (Wildman–Crippen LogP) is 2.33. The van der Waals surface area contributed by atoms with E-state index in [0.29, 0.717) is 18.8 Å². The second-order valence-corrected chi connectivity index (χ2v) is 6.25. The van der Waals surface area contributed by atoms with Crippen molar-refractivity contribution in [2.75, 3.05) is 19.8 Å². The van der Waals surface area contributed by atoms with E-state index in [1.165, 1.54) is 0 Å². The van der Waals surface area contributed by atoms with E-state index in [-0.39, 0.29) is 18.4 Å². The van der Waals surface area contributed by atoms with Gasteiger partial charge in [-0.3, -0.25) is 9.59 Å². The summed E-state index contributed by atoms with van der Waals surface area (Å²) in [7, 11) is 0. The lowest BCUT2D eigenvalue weighted by Crippen LogP contribution is -2.39. The monoisotopic (exact) mass is 342 g/mol. The Bertz CT molecular complexity index is 721. The smallest absolute Gasteiger partial charge is 0.308 e. The first-order chi connectivity index (χ1) is 12.1. The van der Waals surface area contributed by atoms with E-state index in [1.54, 1.807) is 12.1 Å². The highest BCUT2D eigenvalue weighted by atomic mass is 16.5. The molecule has 2 heterocycles. The van der Waals surface area contributed by atoms with E-state index in [0.717, 1.165) is 18.5 Å². The summed E-state index contributed by atoms with van der Waals surface area (Å²) in [5, 5.41) is 12.3. The molecule has 1 fully saturated rings. The molecule has 1 amide bonds. The maximum Gasteiger partial charge on any atom is 0.308 e. The average Bonchev–Trinajstić information content (AvgIpc) is 3.17. The standard InChI is InChI=1S/C19H22N2O4/c22-18(15-4-3-5-16(12-15)21-8-1-2-9-21)20-13-17(19(23)24)14-6-10-25-11-7-14/h1-5,8-9,12,14,17H,6-7,10-11,13H2,(H,20,22)(H,23,24). The largest absolute Gasteiger partial charge is 0.481 e. The van der Waals surface area contributed by atoms with Gasteiger partial charge in [0.25, 0.3) is 5.91 Å². The number of nitrogens with zero attached hydrogens (tertiary/aromatic N) is 1. The van der Waals surface area contributed by atoms with Crippen LogP contribution in [-0.2, 0) is 9.53 Å². The van der Waals surface area contributed by atoms with Crippen LogP contribution in [0, 0.1) is 11.8 Å². The fourth-order valence-electron chi connectivity index (χ4n) is 3.19. The number of aromatic nitrogens is 1. The Hall–Kier alpha value is -2.60. The minimum atomic E-state index is -0.867. The minimum absolute atomic E-state index is 0.0396. The third-order valence-electron chi connectivity index (χ3n) is 4.65. The summed E-state index contributed by atoms with van der Waals surface area (Å²) in [6.07, 6.45) is 5.25. The lowest BCUT2D eigenvalue weighted by molar-refractivity contribution is -0.144. The quantitative estimate of drug-likeness (QED) is 0.844. The molecule has 25 heavy (non-hydrogen) atoms. The highest BCUT2D eigenvalue weighted by molar-refractivity contribution is 5.95. The zero-order valence-electron chi connectivity index (χ0n) is 13.9. The Kier molecular flexibility index (Phi) is 5.50. The van der Waals surface area contributed by atoms with Gasteiger partial charge in [0.1, 0.15) is 0 Å². The number of rotatable bonds is 6. The number of ether oxygens (including phenoxy) is 1. The van der Waals surface area contributed by atoms with E-state index < -0.39 is 11.9 Å². The van der Waals surface area contributed by atoms with E-state index in [1.807, 2.05) is 41.2 Å². The Morgan fingerprint density at radius 2 is 1.92 bits per heavy atom. The number of carboxylic acid groups (broad SMARTS) is 1. The van der Waals surface area contributed by atoms with E-state index >= 15 is 0 Å². The minimum Gasteiger partial charge on any atom is -0.481 e. The molecule has 1 atom stereocenters. The molecule has 0 radical (unpaired) electrons. The molecule has 0 spiro atoms. The first-order valence-electron chi connectivity index (χ1n) is 8.47. The molecular formula is C19H22N2O4. The maximum absolute atomic E-state index is 12.4. The zero-order chi connectivity index (χ0) is 17.6. The topological polar surface area (TPSA) is 80.6 Å². The summed E-state index contributed by atoms with van der Waals surface area (Å²) in [5.74, 6) is -1.67. The number of hydrogen-bond donors (Lipinski definition) is 2. The lowest BCUT2D eigenvalue weighted by Gasteiger charge is -2.27. The number of carbonyl (C=O) groups excluding carboxylic acids is 1. The Morgan fingerprint density at radius 3 is 2.60 bits per heavy atom. The Labute approximate surface area is 146 Å². The predicted molar refractivity (Wildman–Crippen MR) is 92.8 cm³/mol. The molecule has 1 aliphatic heterocycles. The fraction of sp³-hybridized carbons (Fsp3) is 0.368. The third kappa shape index (κ3) is 4.28. The van der Waals surface area contributed by atoms with Gasteiger partial charge in [-0.1, -0.05) is 6.07 Å². The van der Waals surface area contributed by atoms with Crippen LogP contribution >= 0.6 is 0 Å². The summed E-state index contributed by atoms with van der Waals surface area (Å²) in [6.45, 7) is 1.30. The molecule has 1 unspecified atom stereocenters. The van der Waals surface area contributed by atoms with Gasteiger partial charge in [-0.2, -0.15) is 0 Å². The molecule has 1 aliphatic rings. The fourth-order valence-corrected chi connectivity index (χ4v) is 3.19. The van der Waals surface area contributed by atoms with Gasteiger partial charge in [-0.05, 0) is 49.1 Å². The van der Waals surface area contributed by atoms with Crippen LogP contribution < -0.4 is 5.32 Å². The molecule has 6 heteroatoms. The molecule has 1 aromatic heterocycles. The van der Waals surface area contributed by atoms with Crippen molar-refractivity contribution in [3.05, 3.63) is 54.4 Å². The summed E-state index contributed by atoms with van der Waals surface area (Å²) >= 11 is 0. The van der Waals surface area contributed by atoms with Crippen LogP contribution in [0.2, 0.25) is 0 Å². The van der Waals surface area contributed by atoms with Crippen LogP contribution in [0.25, 0.3) is 5.69 Å². The first-order valence-corrected chi connectivity index (χ1v) is 8.47. The molecular weight excluding hydrogens is 320 g/mol. The van der Waals surface area contributed by atoms with Gasteiger partial charge in [0, 0.05) is 43.4 Å². The summed E-state index contributed by atoms with van der Waals surface area (Å²) < 4.78 is 7.21. The molecule has 0 saturated carbocycles. The lowest BCUT2D eigenvalue weighted by atomic mass is 9.86. The normalized spacial score (nSPS) is 16.3. The van der Waals surface area contributed by atoms with Crippen LogP contribution in [0.3, 0.4) is 0 Å². The Balaban J connectivity index is 1.65. The number of carboxylic acids is 1. The maximum atomic E-state index is 12.4. The van der Waals surface area contributed by atoms with Crippen LogP contribution in [-0.4, -0.2) is 41.3 Å². The summed E-state index contributed by atoms with van der Waals surface area (Å²) in [5.41, 5.74) is 1.40. The van der Waals surface area contributed by atoms with Crippen LogP contribution in [0.4, 0.5) is 0 Å². The van der Waals surface area contributed by atoms with Gasteiger partial charge in [0.15, 0.2) is 0 Å². The summed E-state index contributed by atoms with van der Waals surface area (Å²) in [6, 6.07) is 11.1. The van der Waals surface area contributed by atoms with Gasteiger partial charge in [0.05, 0.1) is 5.92 Å². The molecule has 1 saturated heterocycles. The van der Waals surface area contributed by atoms with Crippen LogP contribution in [0.1, 0.15) is 23.2 Å². The van der Waals surface area contributed by atoms with Crippen molar-refractivity contribution in [2.24, 2.45) is 11.8 Å². The second-order valence-electron chi connectivity index (χ2n) is 6.25. The molecule has 0 bridgehead atoms. The SMILES string of the molecule is O=C(NCC(C(=O)O)C1CCOCC1)c1cccc(-n2cccc2)c1. The molecule has 6 nitrogen and oxygen atoms in total. The van der Waals surface area contributed by atoms with Crippen molar-refractivity contribution < 1.29 is 19.4 Å². The van der Waals surface area contributed by atoms with Gasteiger partial charge >= 0.3 is 5.97 Å². The van der Waals surface area contributed by atoms with Crippen molar-refractivity contribution >= 4 is 11.9 Å². The van der Waals surface area contributed by atoms with Crippen molar-refractivity contribution in [1.82, 2.24) is 9.88 Å². The molecule has 0 aliphatic carbocycles. The number of nitrogens with one attached hydrogen (secondary N) is 1. The van der Waals surface area contributed by atoms with Crippen molar-refractivity contribution in [1.29, 1.82) is 0 Å². The molecule has 1 aromatic carbocycles. The molecule has 132 valence electrons. The van der Waals surface area contributed by atoms with Gasteiger partial charge in [-0.25, -0.2) is 0 Å². The summed E-state index contributed by atoms with van der Waals surface area (Å²) in [4.78, 5) is 24.0. The average molecular weight is 342 g/mol. The van der Waals surface area contributed by atoms with Crippen LogP contribution in [0.15, 0.2) is 48.8 Å². The zero-order valence-corrected chi connectivity index (χ0v) is 13.9. The highest BCUT2D eigenvalue weighted by Gasteiger charge is 2.30. The molecule has 2 N–H and O–H groups in total. The van der Waals surface area contributed by atoms with E-state index in [2.05, 4.69) is 5.32 Å². The van der Waals surface area contributed by atoms with E-state index in [4.69, 9.17) is 4.74 Å². The Morgan fingerprint density at radius 1 is 1.20 bits per heavy atom. The van der Waals surface area contributed by atoms with Gasteiger partial charge in [-0.15, -0.1) is 0 Å². The number of hydrogen-bond acceptors (Lipinski definition) is 3. The number of amides is 1. The highest BCUT2D eigenvalue weighted by Crippen LogP contribution is 2.24. The van der Waals surface area contributed by atoms with Crippen molar-refractivity contribution in [3.8, 4) is 5.69 Å². The third-order valence-corrected chi connectivity index (χ3v) is 4.65. The molecule has 2 aromatic rings. The molecule has 3 rings (SSSR count). The van der Waals surface area contributed by atoms with Crippen LogP contribution in [0.5, 0.6) is 0 Å². The van der Waals surface area contributed by atoms with Gasteiger partial charge in [0.2, 0.25) is 0 Å². The van der Waals surface area contributed by atoms with Crippen molar-refractivity contribution in [3.63, 3.8) is 0 Å². The van der Waals surface area contributed by atoms with Crippen molar-refractivity contribution in [2.45, 2.75) is 12.8 Å². The number of benzene rings is 1. The second kappa shape index (κ2) is 7.98.